The lowest BCUT2D eigenvalue weighted by Crippen LogP contribution is -2.39. The maximum atomic E-state index is 14.0. The quantitative estimate of drug-likeness (QED) is 0.485. The average molecular weight is 512 g/mol. The highest BCUT2D eigenvalue weighted by atomic mass is 32.2. The molecule has 0 atom stereocenters. The second-order valence-electron chi connectivity index (χ2n) is 10.7. The molecule has 0 spiro atoms. The smallest absolute Gasteiger partial charge is 0.260 e. The second kappa shape index (κ2) is 9.39. The Labute approximate surface area is 210 Å². The topological polar surface area (TPSA) is 117 Å². The summed E-state index contributed by atoms with van der Waals surface area (Å²) in [5.74, 6) is 1.59. The van der Waals surface area contributed by atoms with Crippen LogP contribution in [0.15, 0.2) is 29.2 Å². The first-order valence-electron chi connectivity index (χ1n) is 13.0. The third-order valence-electron chi connectivity index (χ3n) is 7.94. The Morgan fingerprint density at radius 1 is 1.00 bits per heavy atom. The van der Waals surface area contributed by atoms with Gasteiger partial charge in [-0.3, -0.25) is 14.3 Å². The molecule has 1 aromatic carbocycles. The molecule has 2 saturated carbocycles. The van der Waals surface area contributed by atoms with Crippen LogP contribution in [0.25, 0.3) is 21.8 Å². The number of anilines is 1. The van der Waals surface area contributed by atoms with Crippen LogP contribution in [0.2, 0.25) is 0 Å². The second-order valence-corrected chi connectivity index (χ2v) is 13.0. The number of nitrogens with zero attached hydrogens (tertiary/aromatic N) is 4. The van der Waals surface area contributed by atoms with Crippen LogP contribution < -0.4 is 10.9 Å². The minimum absolute atomic E-state index is 0.0186. The van der Waals surface area contributed by atoms with Crippen molar-refractivity contribution >= 4 is 37.6 Å². The minimum atomic E-state index is -2.94. The van der Waals surface area contributed by atoms with E-state index in [9.17, 15) is 18.3 Å². The Balaban J connectivity index is 1.41. The predicted molar refractivity (Wildman–Crippen MR) is 140 cm³/mol. The Kier molecular flexibility index (Phi) is 6.21. The van der Waals surface area contributed by atoms with Crippen LogP contribution in [-0.4, -0.2) is 70.2 Å². The number of aliphatic hydroxyl groups is 1. The number of hydrogen-bond donors (Lipinski definition) is 2. The molecule has 0 bridgehead atoms. The molecule has 192 valence electrons. The monoisotopic (exact) mass is 511 g/mol. The normalized spacial score (nSPS) is 24.8. The molecule has 36 heavy (non-hydrogen) atoms. The van der Waals surface area contributed by atoms with Gasteiger partial charge in [-0.1, -0.05) is 12.1 Å². The number of rotatable bonds is 6. The van der Waals surface area contributed by atoms with E-state index in [2.05, 4.69) is 15.2 Å². The number of hydrogen-bond acceptors (Lipinski definition) is 8. The van der Waals surface area contributed by atoms with Crippen LogP contribution in [0.3, 0.4) is 0 Å². The van der Waals surface area contributed by atoms with Crippen molar-refractivity contribution in [2.75, 3.05) is 36.5 Å². The van der Waals surface area contributed by atoms with Gasteiger partial charge in [0.05, 0.1) is 17.6 Å². The lowest BCUT2D eigenvalue weighted by molar-refractivity contribution is 0.111. The molecule has 2 aromatic heterocycles. The third-order valence-corrected chi connectivity index (χ3v) is 9.55. The van der Waals surface area contributed by atoms with E-state index in [4.69, 9.17) is 4.98 Å². The van der Waals surface area contributed by atoms with E-state index in [-0.39, 0.29) is 29.2 Å². The Bertz CT molecular complexity index is 1440. The molecule has 0 amide bonds. The zero-order chi connectivity index (χ0) is 24.9. The fourth-order valence-electron chi connectivity index (χ4n) is 5.54. The summed E-state index contributed by atoms with van der Waals surface area (Å²) < 4.78 is 25.4. The molecular formula is C26H33N5O4S. The first-order valence-corrected chi connectivity index (χ1v) is 14.9. The number of nitrogens with one attached hydrogen (secondary N) is 1. The van der Waals surface area contributed by atoms with Crippen LogP contribution in [0, 0.1) is 5.92 Å². The molecule has 0 radical (unpaired) electrons. The van der Waals surface area contributed by atoms with Crippen LogP contribution >= 0.6 is 0 Å². The number of sulfone groups is 1. The Hall–Kier alpha value is -2.56. The van der Waals surface area contributed by atoms with Crippen LogP contribution in [0.4, 0.5) is 5.95 Å². The van der Waals surface area contributed by atoms with Crippen molar-refractivity contribution in [3.8, 4) is 0 Å². The SMILES string of the molecule is O=c1c2cc(CN3CCS(=O)(=O)CC3)ccc2c2cnc(NCC3CC3)nc2n1[C@H]1CC[C@H](O)CC1. The van der Waals surface area contributed by atoms with Gasteiger partial charge >= 0.3 is 0 Å². The van der Waals surface area contributed by atoms with E-state index >= 15 is 0 Å². The van der Waals surface area contributed by atoms with Gasteiger partial charge in [0.2, 0.25) is 5.95 Å². The van der Waals surface area contributed by atoms with E-state index in [0.717, 1.165) is 35.7 Å². The molecule has 3 fully saturated rings. The van der Waals surface area contributed by atoms with Gasteiger partial charge in [-0.2, -0.15) is 4.98 Å². The Morgan fingerprint density at radius 2 is 1.75 bits per heavy atom. The molecule has 3 aliphatic rings. The molecule has 10 heteroatoms. The van der Waals surface area contributed by atoms with E-state index in [1.807, 2.05) is 29.0 Å². The van der Waals surface area contributed by atoms with Gasteiger partial charge in [-0.25, -0.2) is 13.4 Å². The highest BCUT2D eigenvalue weighted by molar-refractivity contribution is 7.91. The van der Waals surface area contributed by atoms with Gasteiger partial charge < -0.3 is 10.4 Å². The maximum Gasteiger partial charge on any atom is 0.260 e. The van der Waals surface area contributed by atoms with Crippen molar-refractivity contribution in [2.24, 2.45) is 5.92 Å². The predicted octanol–water partition coefficient (Wildman–Crippen LogP) is 2.47. The number of benzene rings is 1. The number of pyridine rings is 1. The zero-order valence-electron chi connectivity index (χ0n) is 20.4. The van der Waals surface area contributed by atoms with Crippen molar-refractivity contribution < 1.29 is 13.5 Å². The van der Waals surface area contributed by atoms with E-state index < -0.39 is 9.84 Å². The molecule has 0 unspecified atom stereocenters. The fourth-order valence-corrected chi connectivity index (χ4v) is 6.82. The highest BCUT2D eigenvalue weighted by Gasteiger charge is 2.26. The van der Waals surface area contributed by atoms with Crippen molar-refractivity contribution in [1.82, 2.24) is 19.4 Å². The molecule has 1 aliphatic heterocycles. The van der Waals surface area contributed by atoms with Gasteiger partial charge in [0.1, 0.15) is 5.65 Å². The van der Waals surface area contributed by atoms with Crippen molar-refractivity contribution in [1.29, 1.82) is 0 Å². The molecule has 3 heterocycles. The molecular weight excluding hydrogens is 478 g/mol. The summed E-state index contributed by atoms with van der Waals surface area (Å²) in [5, 5.41) is 15.7. The summed E-state index contributed by atoms with van der Waals surface area (Å²) >= 11 is 0. The van der Waals surface area contributed by atoms with Gasteiger partial charge in [-0.05, 0) is 61.5 Å². The van der Waals surface area contributed by atoms with Gasteiger partial charge in [0.15, 0.2) is 9.84 Å². The number of fused-ring (bicyclic) bond motifs is 3. The highest BCUT2D eigenvalue weighted by Crippen LogP contribution is 2.33. The van der Waals surface area contributed by atoms with Crippen molar-refractivity contribution in [3.05, 3.63) is 40.3 Å². The van der Waals surface area contributed by atoms with E-state index in [0.29, 0.717) is 55.4 Å². The van der Waals surface area contributed by atoms with E-state index in [1.54, 1.807) is 0 Å². The first-order chi connectivity index (χ1) is 17.4. The average Bonchev–Trinajstić information content (AvgIpc) is 3.70. The van der Waals surface area contributed by atoms with Gasteiger partial charge in [-0.15, -0.1) is 0 Å². The zero-order valence-corrected chi connectivity index (χ0v) is 21.2. The summed E-state index contributed by atoms with van der Waals surface area (Å²) in [6.45, 7) is 2.48. The van der Waals surface area contributed by atoms with Gasteiger partial charge in [0, 0.05) is 49.2 Å². The molecule has 2 aliphatic carbocycles. The van der Waals surface area contributed by atoms with Crippen LogP contribution in [-0.2, 0) is 16.4 Å². The molecule has 9 nitrogen and oxygen atoms in total. The van der Waals surface area contributed by atoms with Crippen molar-refractivity contribution in [2.45, 2.75) is 57.2 Å². The Morgan fingerprint density at radius 3 is 2.47 bits per heavy atom. The molecule has 6 rings (SSSR count). The van der Waals surface area contributed by atoms with Crippen molar-refractivity contribution in [3.63, 3.8) is 0 Å². The van der Waals surface area contributed by atoms with Crippen LogP contribution in [0.1, 0.15) is 50.1 Å². The summed E-state index contributed by atoms with van der Waals surface area (Å²) in [5.41, 5.74) is 1.58. The minimum Gasteiger partial charge on any atom is -0.393 e. The first kappa shape index (κ1) is 23.8. The lowest BCUT2D eigenvalue weighted by atomic mass is 9.92. The van der Waals surface area contributed by atoms with Gasteiger partial charge in [0.25, 0.3) is 5.56 Å². The lowest BCUT2D eigenvalue weighted by Gasteiger charge is -2.28. The summed E-state index contributed by atoms with van der Waals surface area (Å²) in [4.78, 5) is 25.5. The maximum absolute atomic E-state index is 14.0. The largest absolute Gasteiger partial charge is 0.393 e. The standard InChI is InChI=1S/C26H33N5O4S/c32-20-6-4-19(5-7-20)31-24-23(15-28-26(29-24)27-14-17-1-2-17)21-8-3-18(13-22(21)25(31)33)16-30-9-11-36(34,35)12-10-30/h3,8,13,15,17,19-20,32H,1-2,4-7,9-12,14,16H2,(H,27,28,29)/t19-,20-. The molecule has 3 aromatic rings. The molecule has 1 saturated heterocycles. The van der Waals surface area contributed by atoms with E-state index in [1.165, 1.54) is 12.8 Å². The number of aromatic nitrogens is 3. The summed E-state index contributed by atoms with van der Waals surface area (Å²) in [6, 6.07) is 5.93. The molecule has 2 N–H and O–H groups in total. The summed E-state index contributed by atoms with van der Waals surface area (Å²) in [6.07, 6.45) is 6.79. The van der Waals surface area contributed by atoms with Crippen LogP contribution in [0.5, 0.6) is 0 Å². The fraction of sp³-hybridized carbons (Fsp3) is 0.577. The summed E-state index contributed by atoms with van der Waals surface area (Å²) in [7, 11) is -2.94. The third kappa shape index (κ3) is 4.86. The number of aliphatic hydroxyl groups excluding tert-OH is 1.